The molecular formula is C13H16ClF3N2O. The van der Waals surface area contributed by atoms with Crippen molar-refractivity contribution in [3.05, 3.63) is 28.8 Å². The van der Waals surface area contributed by atoms with Gasteiger partial charge in [0.05, 0.1) is 11.3 Å². The van der Waals surface area contributed by atoms with Crippen LogP contribution in [0, 0.1) is 0 Å². The number of alkyl halides is 3. The van der Waals surface area contributed by atoms with Crippen molar-refractivity contribution in [3.8, 4) is 0 Å². The van der Waals surface area contributed by atoms with Crippen LogP contribution < -0.4 is 5.32 Å². The summed E-state index contributed by atoms with van der Waals surface area (Å²) in [5.41, 5.74) is -1.25. The summed E-state index contributed by atoms with van der Waals surface area (Å²) < 4.78 is 38.6. The van der Waals surface area contributed by atoms with E-state index in [0.29, 0.717) is 6.54 Å². The molecule has 0 atom stereocenters. The lowest BCUT2D eigenvalue weighted by atomic mass is 10.1. The van der Waals surface area contributed by atoms with E-state index >= 15 is 0 Å². The zero-order chi connectivity index (χ0) is 15.3. The van der Waals surface area contributed by atoms with Gasteiger partial charge in [-0.05, 0) is 24.6 Å². The van der Waals surface area contributed by atoms with E-state index in [1.807, 2.05) is 6.92 Å². The number of carbonyl (C=O) groups excluding carboxylic acids is 1. The molecular weight excluding hydrogens is 293 g/mol. The Morgan fingerprint density at radius 1 is 1.40 bits per heavy atom. The maximum absolute atomic E-state index is 12.9. The maximum atomic E-state index is 12.9. The van der Waals surface area contributed by atoms with Gasteiger partial charge in [0.25, 0.3) is 0 Å². The molecule has 112 valence electrons. The summed E-state index contributed by atoms with van der Waals surface area (Å²) in [5, 5.41) is 2.23. The first-order valence-corrected chi connectivity index (χ1v) is 6.52. The van der Waals surface area contributed by atoms with Crippen molar-refractivity contribution in [2.24, 2.45) is 0 Å². The molecule has 3 nitrogen and oxygen atoms in total. The van der Waals surface area contributed by atoms with E-state index in [0.717, 1.165) is 25.0 Å². The molecule has 0 saturated heterocycles. The van der Waals surface area contributed by atoms with Crippen molar-refractivity contribution >= 4 is 23.3 Å². The molecule has 0 aliphatic rings. The Morgan fingerprint density at radius 2 is 2.05 bits per heavy atom. The molecule has 0 aliphatic carbocycles. The van der Waals surface area contributed by atoms with Crippen LogP contribution in [0.15, 0.2) is 18.2 Å². The number of anilines is 1. The van der Waals surface area contributed by atoms with Crippen LogP contribution in [0.25, 0.3) is 0 Å². The predicted molar refractivity (Wildman–Crippen MR) is 73.0 cm³/mol. The van der Waals surface area contributed by atoms with Crippen LogP contribution in [0.3, 0.4) is 0 Å². The average molecular weight is 309 g/mol. The highest BCUT2D eigenvalue weighted by Crippen LogP contribution is 2.36. The van der Waals surface area contributed by atoms with Crippen molar-refractivity contribution in [1.29, 1.82) is 0 Å². The highest BCUT2D eigenvalue weighted by Gasteiger charge is 2.34. The lowest BCUT2D eigenvalue weighted by Gasteiger charge is -2.20. The summed E-state index contributed by atoms with van der Waals surface area (Å²) in [6.45, 7) is 2.45. The highest BCUT2D eigenvalue weighted by atomic mass is 35.5. The molecule has 0 aliphatic heterocycles. The van der Waals surface area contributed by atoms with Crippen molar-refractivity contribution in [2.45, 2.75) is 25.9 Å². The topological polar surface area (TPSA) is 32.3 Å². The van der Waals surface area contributed by atoms with Crippen LogP contribution in [0.1, 0.15) is 25.3 Å². The predicted octanol–water partition coefficient (Wildman–Crippen LogP) is 4.62. The summed E-state index contributed by atoms with van der Waals surface area (Å²) in [5.74, 6) is 0. The third-order valence-corrected chi connectivity index (χ3v) is 2.96. The second-order valence-corrected chi connectivity index (χ2v) is 4.83. The Morgan fingerprint density at radius 3 is 2.60 bits per heavy atom. The summed E-state index contributed by atoms with van der Waals surface area (Å²) in [7, 11) is 1.54. The van der Waals surface area contributed by atoms with Gasteiger partial charge in [0.1, 0.15) is 0 Å². The lowest BCUT2D eigenvalue weighted by Crippen LogP contribution is -2.32. The molecule has 0 fully saturated rings. The van der Waals surface area contributed by atoms with Crippen molar-refractivity contribution in [1.82, 2.24) is 4.90 Å². The van der Waals surface area contributed by atoms with Gasteiger partial charge in [0, 0.05) is 18.6 Å². The SMILES string of the molecule is CCCCN(C)C(=O)Nc1ccc(Cl)cc1C(F)(F)F. The summed E-state index contributed by atoms with van der Waals surface area (Å²) >= 11 is 5.57. The molecule has 0 spiro atoms. The van der Waals surface area contributed by atoms with E-state index in [2.05, 4.69) is 5.32 Å². The van der Waals surface area contributed by atoms with Crippen LogP contribution in [0.5, 0.6) is 0 Å². The van der Waals surface area contributed by atoms with Crippen LogP contribution in [-0.2, 0) is 6.18 Å². The summed E-state index contributed by atoms with van der Waals surface area (Å²) in [6, 6.07) is 2.67. The molecule has 1 N–H and O–H groups in total. The van der Waals surface area contributed by atoms with Crippen molar-refractivity contribution < 1.29 is 18.0 Å². The number of nitrogens with zero attached hydrogens (tertiary/aromatic N) is 1. The first-order valence-electron chi connectivity index (χ1n) is 6.14. The number of unbranched alkanes of at least 4 members (excludes halogenated alkanes) is 1. The average Bonchev–Trinajstić information content (AvgIpc) is 2.36. The first kappa shape index (κ1) is 16.6. The minimum Gasteiger partial charge on any atom is -0.328 e. The minimum absolute atomic E-state index is 0.0327. The Hall–Kier alpha value is -1.43. The van der Waals surface area contributed by atoms with Gasteiger partial charge in [0.15, 0.2) is 0 Å². The monoisotopic (exact) mass is 308 g/mol. The molecule has 0 saturated carbocycles. The molecule has 7 heteroatoms. The fourth-order valence-electron chi connectivity index (χ4n) is 1.57. The fraction of sp³-hybridized carbons (Fsp3) is 0.462. The summed E-state index contributed by atoms with van der Waals surface area (Å²) in [4.78, 5) is 13.1. The Balaban J connectivity index is 2.90. The van der Waals surface area contributed by atoms with E-state index in [9.17, 15) is 18.0 Å². The zero-order valence-corrected chi connectivity index (χ0v) is 12.0. The van der Waals surface area contributed by atoms with Crippen LogP contribution in [0.4, 0.5) is 23.7 Å². The van der Waals surface area contributed by atoms with E-state index < -0.39 is 17.8 Å². The van der Waals surface area contributed by atoms with E-state index in [4.69, 9.17) is 11.6 Å². The van der Waals surface area contributed by atoms with Gasteiger partial charge in [0.2, 0.25) is 0 Å². The van der Waals surface area contributed by atoms with Crippen molar-refractivity contribution in [2.75, 3.05) is 18.9 Å². The normalized spacial score (nSPS) is 11.3. The molecule has 0 radical (unpaired) electrons. The standard InChI is InChI=1S/C13H16ClF3N2O/c1-3-4-7-19(2)12(20)18-11-6-5-9(14)8-10(11)13(15,16)17/h5-6,8H,3-4,7H2,1-2H3,(H,18,20). The largest absolute Gasteiger partial charge is 0.418 e. The van der Waals surface area contributed by atoms with Gasteiger partial charge in [-0.3, -0.25) is 0 Å². The van der Waals surface area contributed by atoms with E-state index in [1.54, 1.807) is 0 Å². The first-order chi connectivity index (χ1) is 9.25. The highest BCUT2D eigenvalue weighted by molar-refractivity contribution is 6.30. The number of urea groups is 1. The molecule has 1 aromatic carbocycles. The number of nitrogens with one attached hydrogen (secondary N) is 1. The molecule has 0 unspecified atom stereocenters. The fourth-order valence-corrected chi connectivity index (χ4v) is 1.74. The smallest absolute Gasteiger partial charge is 0.328 e. The minimum atomic E-state index is -4.57. The number of hydrogen-bond acceptors (Lipinski definition) is 1. The third kappa shape index (κ3) is 4.59. The van der Waals surface area contributed by atoms with E-state index in [1.165, 1.54) is 18.0 Å². The zero-order valence-electron chi connectivity index (χ0n) is 11.2. The molecule has 0 bridgehead atoms. The second-order valence-electron chi connectivity index (χ2n) is 4.39. The van der Waals surface area contributed by atoms with E-state index in [-0.39, 0.29) is 10.7 Å². The Bertz CT molecular complexity index is 477. The Kier molecular flexibility index (Phi) is 5.68. The third-order valence-electron chi connectivity index (χ3n) is 2.72. The Labute approximate surface area is 120 Å². The van der Waals surface area contributed by atoms with Gasteiger partial charge >= 0.3 is 12.2 Å². The number of hydrogen-bond donors (Lipinski definition) is 1. The number of benzene rings is 1. The number of amides is 2. The number of halogens is 4. The molecule has 20 heavy (non-hydrogen) atoms. The van der Waals surface area contributed by atoms with Crippen molar-refractivity contribution in [3.63, 3.8) is 0 Å². The maximum Gasteiger partial charge on any atom is 0.418 e. The molecule has 1 aromatic rings. The van der Waals surface area contributed by atoms with Gasteiger partial charge in [-0.2, -0.15) is 13.2 Å². The van der Waals surface area contributed by atoms with Crippen LogP contribution >= 0.6 is 11.6 Å². The molecule has 0 heterocycles. The molecule has 0 aromatic heterocycles. The van der Waals surface area contributed by atoms with Gasteiger partial charge in [-0.25, -0.2) is 4.79 Å². The summed E-state index contributed by atoms with van der Waals surface area (Å²) in [6.07, 6.45) is -2.89. The van der Waals surface area contributed by atoms with Gasteiger partial charge < -0.3 is 10.2 Å². The van der Waals surface area contributed by atoms with Crippen LogP contribution in [-0.4, -0.2) is 24.5 Å². The lowest BCUT2D eigenvalue weighted by molar-refractivity contribution is -0.136. The molecule has 1 rings (SSSR count). The quantitative estimate of drug-likeness (QED) is 0.864. The second kappa shape index (κ2) is 6.83. The molecule has 2 amide bonds. The number of carbonyl (C=O) groups is 1. The van der Waals surface area contributed by atoms with Gasteiger partial charge in [-0.1, -0.05) is 24.9 Å². The number of rotatable bonds is 4. The van der Waals surface area contributed by atoms with Gasteiger partial charge in [-0.15, -0.1) is 0 Å². The van der Waals surface area contributed by atoms with Crippen LogP contribution in [0.2, 0.25) is 5.02 Å².